The number of ether oxygens (including phenoxy) is 1. The van der Waals surface area contributed by atoms with Gasteiger partial charge in [0.2, 0.25) is 5.91 Å². The highest BCUT2D eigenvalue weighted by Gasteiger charge is 2.32. The van der Waals surface area contributed by atoms with Crippen LogP contribution in [0, 0.1) is 5.92 Å². The molecule has 0 radical (unpaired) electrons. The van der Waals surface area contributed by atoms with Gasteiger partial charge in [0.25, 0.3) is 0 Å². The van der Waals surface area contributed by atoms with Crippen molar-refractivity contribution in [3.05, 3.63) is 59.7 Å². The summed E-state index contributed by atoms with van der Waals surface area (Å²) in [5.74, 6) is -1.57. The van der Waals surface area contributed by atoms with E-state index in [4.69, 9.17) is 9.84 Å². The van der Waals surface area contributed by atoms with E-state index in [0.29, 0.717) is 13.0 Å². The first-order valence-electron chi connectivity index (χ1n) is 12.1. The molecule has 1 saturated carbocycles. The minimum Gasteiger partial charge on any atom is -0.481 e. The van der Waals surface area contributed by atoms with Gasteiger partial charge in [-0.15, -0.1) is 0 Å². The molecule has 1 fully saturated rings. The first-order chi connectivity index (χ1) is 16.8. The van der Waals surface area contributed by atoms with Crippen LogP contribution in [0.2, 0.25) is 0 Å². The van der Waals surface area contributed by atoms with Crippen LogP contribution in [-0.2, 0) is 14.3 Å². The summed E-state index contributed by atoms with van der Waals surface area (Å²) in [5, 5.41) is 21.8. The van der Waals surface area contributed by atoms with E-state index in [0.717, 1.165) is 35.1 Å². The molecule has 0 bridgehead atoms. The molecular weight excluding hydrogens is 448 g/mol. The van der Waals surface area contributed by atoms with Gasteiger partial charge in [0, 0.05) is 31.8 Å². The Labute approximate surface area is 204 Å². The van der Waals surface area contributed by atoms with Gasteiger partial charge >= 0.3 is 12.1 Å². The lowest BCUT2D eigenvalue weighted by molar-refractivity contribution is -0.138. The number of carbonyl (C=O) groups excluding carboxylic acids is 2. The van der Waals surface area contributed by atoms with E-state index in [-0.39, 0.29) is 37.2 Å². The maximum atomic E-state index is 13.1. The molecule has 4 rings (SSSR count). The van der Waals surface area contributed by atoms with E-state index in [9.17, 15) is 19.5 Å². The summed E-state index contributed by atoms with van der Waals surface area (Å²) in [4.78, 5) is 38.4. The predicted octanol–water partition coefficient (Wildman–Crippen LogP) is 3.38. The summed E-state index contributed by atoms with van der Waals surface area (Å²) >= 11 is 0. The highest BCUT2D eigenvalue weighted by Crippen LogP contribution is 2.44. The average Bonchev–Trinajstić information content (AvgIpc) is 3.40. The van der Waals surface area contributed by atoms with Crippen LogP contribution in [0.5, 0.6) is 0 Å². The molecule has 0 aromatic heterocycles. The van der Waals surface area contributed by atoms with E-state index in [1.165, 1.54) is 4.90 Å². The fourth-order valence-corrected chi connectivity index (χ4v) is 5.25. The summed E-state index contributed by atoms with van der Waals surface area (Å²) in [6, 6.07) is 15.0. The van der Waals surface area contributed by atoms with Gasteiger partial charge in [-0.05, 0) is 41.5 Å². The summed E-state index contributed by atoms with van der Waals surface area (Å²) in [6.45, 7) is 0.458. The molecule has 35 heavy (non-hydrogen) atoms. The Morgan fingerprint density at radius 1 is 1.06 bits per heavy atom. The third-order valence-electron chi connectivity index (χ3n) is 7.08. The van der Waals surface area contributed by atoms with Gasteiger partial charge in [0.15, 0.2) is 0 Å². The van der Waals surface area contributed by atoms with E-state index in [1.54, 1.807) is 7.05 Å². The van der Waals surface area contributed by atoms with Gasteiger partial charge in [-0.2, -0.15) is 0 Å². The van der Waals surface area contributed by atoms with E-state index >= 15 is 0 Å². The van der Waals surface area contributed by atoms with Crippen LogP contribution in [0.1, 0.15) is 49.1 Å². The molecule has 2 aliphatic carbocycles. The van der Waals surface area contributed by atoms with E-state index in [2.05, 4.69) is 5.32 Å². The normalized spacial score (nSPS) is 19.5. The number of rotatable bonds is 9. The first-order valence-corrected chi connectivity index (χ1v) is 12.1. The zero-order valence-corrected chi connectivity index (χ0v) is 19.9. The highest BCUT2D eigenvalue weighted by molar-refractivity contribution is 5.86. The molecule has 2 aliphatic rings. The smallest absolute Gasteiger partial charge is 0.407 e. The van der Waals surface area contributed by atoms with Crippen molar-refractivity contribution in [3.8, 4) is 11.1 Å². The average molecular weight is 481 g/mol. The number of fused-ring (bicyclic) bond motifs is 3. The van der Waals surface area contributed by atoms with Gasteiger partial charge in [-0.25, -0.2) is 4.79 Å². The van der Waals surface area contributed by atoms with Gasteiger partial charge < -0.3 is 25.2 Å². The standard InChI is InChI=1S/C27H32N2O6/c1-29(15-17-7-6-12-24(17)30)26(33)23(13-14-25(31)32)28-27(34)35-16-22-20-10-4-2-8-18(20)19-9-3-5-11-21(19)22/h2-5,8-11,17,22-24,30H,6-7,12-16H2,1H3,(H,28,34)(H,31,32). The topological polar surface area (TPSA) is 116 Å². The third kappa shape index (κ3) is 5.65. The summed E-state index contributed by atoms with van der Waals surface area (Å²) < 4.78 is 5.55. The molecule has 3 unspecified atom stereocenters. The molecule has 3 N–H and O–H groups in total. The number of aliphatic hydroxyl groups excluding tert-OH is 1. The zero-order chi connectivity index (χ0) is 24.9. The molecule has 0 saturated heterocycles. The fraction of sp³-hybridized carbons (Fsp3) is 0.444. The minimum absolute atomic E-state index is 0.0153. The molecule has 0 heterocycles. The van der Waals surface area contributed by atoms with Gasteiger partial charge in [0.05, 0.1) is 6.10 Å². The third-order valence-corrected chi connectivity index (χ3v) is 7.08. The van der Waals surface area contributed by atoms with E-state index in [1.807, 2.05) is 48.5 Å². The molecule has 186 valence electrons. The van der Waals surface area contributed by atoms with Crippen molar-refractivity contribution in [3.63, 3.8) is 0 Å². The van der Waals surface area contributed by atoms with Gasteiger partial charge in [-0.1, -0.05) is 55.0 Å². The lowest BCUT2D eigenvalue weighted by Gasteiger charge is -2.27. The van der Waals surface area contributed by atoms with Crippen molar-refractivity contribution in [2.75, 3.05) is 20.2 Å². The lowest BCUT2D eigenvalue weighted by Crippen LogP contribution is -2.49. The maximum absolute atomic E-state index is 13.1. The largest absolute Gasteiger partial charge is 0.481 e. The summed E-state index contributed by atoms with van der Waals surface area (Å²) in [5.41, 5.74) is 4.38. The fourth-order valence-electron chi connectivity index (χ4n) is 5.25. The number of likely N-dealkylation sites (N-methyl/N-ethyl adjacent to an activating group) is 1. The second kappa shape index (κ2) is 10.9. The van der Waals surface area contributed by atoms with Crippen LogP contribution < -0.4 is 5.32 Å². The Morgan fingerprint density at radius 3 is 2.26 bits per heavy atom. The number of carboxylic acid groups (broad SMARTS) is 1. The monoisotopic (exact) mass is 480 g/mol. The van der Waals surface area contributed by atoms with Crippen LogP contribution in [0.15, 0.2) is 48.5 Å². The van der Waals surface area contributed by atoms with Gasteiger partial charge in [-0.3, -0.25) is 9.59 Å². The van der Waals surface area contributed by atoms with Crippen molar-refractivity contribution >= 4 is 18.0 Å². The number of aliphatic hydroxyl groups is 1. The van der Waals surface area contributed by atoms with Crippen molar-refractivity contribution in [1.82, 2.24) is 10.2 Å². The number of carboxylic acids is 1. The number of aliphatic carboxylic acids is 1. The van der Waals surface area contributed by atoms with Gasteiger partial charge in [0.1, 0.15) is 12.6 Å². The Morgan fingerprint density at radius 2 is 1.69 bits per heavy atom. The molecule has 8 nitrogen and oxygen atoms in total. The molecule has 2 amide bonds. The van der Waals surface area contributed by atoms with Crippen LogP contribution >= 0.6 is 0 Å². The molecule has 0 aliphatic heterocycles. The van der Waals surface area contributed by atoms with Crippen molar-refractivity contribution in [1.29, 1.82) is 0 Å². The SMILES string of the molecule is CN(CC1CCCC1O)C(=O)C(CCC(=O)O)NC(=O)OCC1c2ccccc2-c2ccccc21. The number of hydrogen-bond donors (Lipinski definition) is 3. The second-order valence-electron chi connectivity index (χ2n) is 9.43. The number of benzene rings is 2. The van der Waals surface area contributed by atoms with Crippen LogP contribution in [0.25, 0.3) is 11.1 Å². The molecule has 0 spiro atoms. The number of nitrogens with zero attached hydrogens (tertiary/aromatic N) is 1. The zero-order valence-electron chi connectivity index (χ0n) is 19.9. The maximum Gasteiger partial charge on any atom is 0.407 e. The minimum atomic E-state index is -1.05. The van der Waals surface area contributed by atoms with Crippen LogP contribution in [-0.4, -0.2) is 65.4 Å². The molecule has 3 atom stereocenters. The predicted molar refractivity (Wildman–Crippen MR) is 130 cm³/mol. The number of amides is 2. The Hall–Kier alpha value is -3.39. The van der Waals surface area contributed by atoms with Crippen LogP contribution in [0.3, 0.4) is 0 Å². The number of carbonyl (C=O) groups is 3. The summed E-state index contributed by atoms with van der Waals surface area (Å²) in [6.07, 6.45) is 0.943. The van der Waals surface area contributed by atoms with Crippen molar-refractivity contribution in [2.24, 2.45) is 5.92 Å². The van der Waals surface area contributed by atoms with E-state index < -0.39 is 24.2 Å². The number of alkyl carbamates (subject to hydrolysis) is 1. The van der Waals surface area contributed by atoms with Crippen molar-refractivity contribution < 1.29 is 29.3 Å². The Kier molecular flexibility index (Phi) is 7.70. The number of hydrogen-bond acceptors (Lipinski definition) is 5. The molecule has 8 heteroatoms. The van der Waals surface area contributed by atoms with Crippen molar-refractivity contribution in [2.45, 2.75) is 50.2 Å². The quantitative estimate of drug-likeness (QED) is 0.507. The highest BCUT2D eigenvalue weighted by atomic mass is 16.5. The molecule has 2 aromatic rings. The molecule has 2 aromatic carbocycles. The summed E-state index contributed by atoms with van der Waals surface area (Å²) in [7, 11) is 1.61. The molecular formula is C27H32N2O6. The number of nitrogens with one attached hydrogen (secondary N) is 1. The first kappa shape index (κ1) is 24.7. The van der Waals surface area contributed by atoms with Crippen LogP contribution in [0.4, 0.5) is 4.79 Å². The lowest BCUT2D eigenvalue weighted by atomic mass is 9.98. The second-order valence-corrected chi connectivity index (χ2v) is 9.43. The Balaban J connectivity index is 1.40. The Bertz CT molecular complexity index is 1040.